The Morgan fingerprint density at radius 2 is 2.24 bits per heavy atom. The van der Waals surface area contributed by atoms with E-state index in [4.69, 9.17) is 10.00 Å². The number of nitriles is 1. The standard InChI is InChI=1S/C16H17FN2O2/c1-4-21-15(20)12(8-18)10(2)11-7-13(17)14(19-9-11)16(3)5-6-16/h7,9H,4-6H2,1-3H3/b12-10+. The van der Waals surface area contributed by atoms with Gasteiger partial charge in [-0.1, -0.05) is 6.92 Å². The highest BCUT2D eigenvalue weighted by Gasteiger charge is 2.42. The molecule has 5 heteroatoms. The van der Waals surface area contributed by atoms with E-state index < -0.39 is 11.8 Å². The summed E-state index contributed by atoms with van der Waals surface area (Å²) in [6.07, 6.45) is 3.36. The first-order chi connectivity index (χ1) is 9.92. The SMILES string of the molecule is CCOC(=O)/C(C#N)=C(\C)c1cnc(C2(C)CC2)c(F)c1. The average molecular weight is 288 g/mol. The number of aromatic nitrogens is 1. The van der Waals surface area contributed by atoms with E-state index in [0.717, 1.165) is 12.8 Å². The number of ether oxygens (including phenoxy) is 1. The van der Waals surface area contributed by atoms with Crippen LogP contribution in [-0.4, -0.2) is 17.6 Å². The summed E-state index contributed by atoms with van der Waals surface area (Å²) < 4.78 is 19.0. The molecule has 0 bridgehead atoms. The minimum Gasteiger partial charge on any atom is -0.462 e. The third kappa shape index (κ3) is 2.94. The van der Waals surface area contributed by atoms with Crippen molar-refractivity contribution in [3.05, 3.63) is 34.9 Å². The van der Waals surface area contributed by atoms with Gasteiger partial charge < -0.3 is 4.74 Å². The smallest absolute Gasteiger partial charge is 0.349 e. The van der Waals surface area contributed by atoms with Crippen molar-refractivity contribution in [3.8, 4) is 6.07 Å². The summed E-state index contributed by atoms with van der Waals surface area (Å²) in [6, 6.07) is 3.15. The van der Waals surface area contributed by atoms with E-state index in [-0.39, 0.29) is 17.6 Å². The molecule has 1 heterocycles. The van der Waals surface area contributed by atoms with Crippen molar-refractivity contribution in [2.75, 3.05) is 6.61 Å². The van der Waals surface area contributed by atoms with Crippen molar-refractivity contribution >= 4 is 11.5 Å². The van der Waals surface area contributed by atoms with Gasteiger partial charge in [-0.25, -0.2) is 9.18 Å². The Kier molecular flexibility index (Phi) is 4.08. The van der Waals surface area contributed by atoms with E-state index in [9.17, 15) is 9.18 Å². The lowest BCUT2D eigenvalue weighted by Crippen LogP contribution is -2.10. The number of rotatable bonds is 4. The van der Waals surface area contributed by atoms with E-state index in [1.54, 1.807) is 13.8 Å². The summed E-state index contributed by atoms with van der Waals surface area (Å²) in [7, 11) is 0. The van der Waals surface area contributed by atoms with Gasteiger partial charge in [0.05, 0.1) is 12.3 Å². The Morgan fingerprint density at radius 3 is 2.71 bits per heavy atom. The lowest BCUT2D eigenvalue weighted by molar-refractivity contribution is -0.137. The minimum atomic E-state index is -0.698. The second-order valence-corrected chi connectivity index (χ2v) is 5.45. The van der Waals surface area contributed by atoms with Crippen molar-refractivity contribution in [1.29, 1.82) is 5.26 Å². The molecule has 110 valence electrons. The largest absolute Gasteiger partial charge is 0.462 e. The van der Waals surface area contributed by atoms with Crippen molar-refractivity contribution in [2.45, 2.75) is 39.0 Å². The molecule has 0 atom stereocenters. The Morgan fingerprint density at radius 1 is 1.57 bits per heavy atom. The second kappa shape index (κ2) is 5.65. The highest BCUT2D eigenvalue weighted by molar-refractivity contribution is 6.01. The summed E-state index contributed by atoms with van der Waals surface area (Å²) in [5.74, 6) is -1.09. The summed E-state index contributed by atoms with van der Waals surface area (Å²) in [6.45, 7) is 5.40. The van der Waals surface area contributed by atoms with E-state index in [1.807, 2.05) is 13.0 Å². The molecule has 0 N–H and O–H groups in total. The molecule has 0 aromatic carbocycles. The summed E-state index contributed by atoms with van der Waals surface area (Å²) in [5, 5.41) is 9.10. The molecule has 2 rings (SSSR count). The van der Waals surface area contributed by atoms with E-state index >= 15 is 0 Å². The van der Waals surface area contributed by atoms with Gasteiger partial charge in [-0.2, -0.15) is 5.26 Å². The molecular weight excluding hydrogens is 271 g/mol. The monoisotopic (exact) mass is 288 g/mol. The Balaban J connectivity index is 2.39. The molecule has 1 fully saturated rings. The Bertz CT molecular complexity index is 655. The molecule has 4 nitrogen and oxygen atoms in total. The Labute approximate surface area is 123 Å². The van der Waals surface area contributed by atoms with Crippen LogP contribution in [0.1, 0.15) is 44.9 Å². The van der Waals surface area contributed by atoms with Gasteiger partial charge in [-0.3, -0.25) is 4.98 Å². The molecule has 1 aliphatic rings. The molecular formula is C16H17FN2O2. The van der Waals surface area contributed by atoms with E-state index in [0.29, 0.717) is 16.8 Å². The van der Waals surface area contributed by atoms with Gasteiger partial charge >= 0.3 is 5.97 Å². The van der Waals surface area contributed by atoms with Gasteiger partial charge in [0, 0.05) is 17.2 Å². The Hall–Kier alpha value is -2.22. The molecule has 21 heavy (non-hydrogen) atoms. The molecule has 0 radical (unpaired) electrons. The normalized spacial score (nSPS) is 16.7. The predicted octanol–water partition coefficient (Wildman–Crippen LogP) is 3.13. The number of esters is 1. The highest BCUT2D eigenvalue weighted by atomic mass is 19.1. The van der Waals surface area contributed by atoms with Crippen molar-refractivity contribution in [2.24, 2.45) is 0 Å². The highest BCUT2D eigenvalue weighted by Crippen LogP contribution is 2.47. The summed E-state index contributed by atoms with van der Waals surface area (Å²) in [4.78, 5) is 15.9. The van der Waals surface area contributed by atoms with Gasteiger partial charge in [0.1, 0.15) is 17.5 Å². The van der Waals surface area contributed by atoms with Gasteiger partial charge in [-0.15, -0.1) is 0 Å². The fourth-order valence-corrected chi connectivity index (χ4v) is 2.14. The first kappa shape index (κ1) is 15.2. The molecule has 1 aliphatic carbocycles. The maximum Gasteiger partial charge on any atom is 0.349 e. The molecule has 0 aliphatic heterocycles. The summed E-state index contributed by atoms with van der Waals surface area (Å²) in [5.41, 5.74) is 0.955. The van der Waals surface area contributed by atoms with Gasteiger partial charge in [0.25, 0.3) is 0 Å². The second-order valence-electron chi connectivity index (χ2n) is 5.45. The molecule has 1 aromatic heterocycles. The fourth-order valence-electron chi connectivity index (χ4n) is 2.14. The third-order valence-corrected chi connectivity index (χ3v) is 3.81. The number of pyridine rings is 1. The fraction of sp³-hybridized carbons (Fsp3) is 0.438. The number of hydrogen-bond donors (Lipinski definition) is 0. The number of nitrogens with zero attached hydrogens (tertiary/aromatic N) is 2. The molecule has 0 unspecified atom stereocenters. The van der Waals surface area contributed by atoms with Crippen LogP contribution in [0.3, 0.4) is 0 Å². The van der Waals surface area contributed by atoms with Crippen LogP contribution in [0, 0.1) is 17.1 Å². The zero-order valence-corrected chi connectivity index (χ0v) is 12.4. The van der Waals surface area contributed by atoms with Crippen LogP contribution in [0.4, 0.5) is 4.39 Å². The molecule has 0 amide bonds. The molecule has 0 saturated heterocycles. The van der Waals surface area contributed by atoms with E-state index in [1.165, 1.54) is 12.3 Å². The topological polar surface area (TPSA) is 63.0 Å². The van der Waals surface area contributed by atoms with Crippen molar-refractivity contribution < 1.29 is 13.9 Å². The van der Waals surface area contributed by atoms with Crippen LogP contribution >= 0.6 is 0 Å². The number of carbonyl (C=O) groups excluding carboxylic acids is 1. The van der Waals surface area contributed by atoms with Crippen molar-refractivity contribution in [1.82, 2.24) is 4.98 Å². The van der Waals surface area contributed by atoms with Crippen LogP contribution in [0.5, 0.6) is 0 Å². The molecule has 0 spiro atoms. The van der Waals surface area contributed by atoms with Crippen LogP contribution < -0.4 is 0 Å². The minimum absolute atomic E-state index is 0.122. The predicted molar refractivity (Wildman–Crippen MR) is 75.6 cm³/mol. The number of carbonyl (C=O) groups is 1. The first-order valence-corrected chi connectivity index (χ1v) is 6.87. The quantitative estimate of drug-likeness (QED) is 0.485. The van der Waals surface area contributed by atoms with Crippen LogP contribution in [-0.2, 0) is 14.9 Å². The first-order valence-electron chi connectivity index (χ1n) is 6.87. The molecule has 1 aromatic rings. The van der Waals surface area contributed by atoms with E-state index in [2.05, 4.69) is 4.98 Å². The van der Waals surface area contributed by atoms with Crippen molar-refractivity contribution in [3.63, 3.8) is 0 Å². The zero-order chi connectivity index (χ0) is 15.6. The third-order valence-electron chi connectivity index (χ3n) is 3.81. The van der Waals surface area contributed by atoms with Gasteiger partial charge in [0.2, 0.25) is 0 Å². The lowest BCUT2D eigenvalue weighted by atomic mass is 9.99. The maximum absolute atomic E-state index is 14.2. The number of allylic oxidation sites excluding steroid dienone is 1. The van der Waals surface area contributed by atoms with Crippen LogP contribution in [0.25, 0.3) is 5.57 Å². The van der Waals surface area contributed by atoms with Crippen LogP contribution in [0.15, 0.2) is 17.8 Å². The van der Waals surface area contributed by atoms with Gasteiger partial charge in [-0.05, 0) is 38.3 Å². The summed E-state index contributed by atoms with van der Waals surface area (Å²) >= 11 is 0. The average Bonchev–Trinajstić information content (AvgIpc) is 3.18. The van der Waals surface area contributed by atoms with Gasteiger partial charge in [0.15, 0.2) is 0 Å². The lowest BCUT2D eigenvalue weighted by Gasteiger charge is -2.11. The maximum atomic E-state index is 14.2. The number of hydrogen-bond acceptors (Lipinski definition) is 4. The zero-order valence-electron chi connectivity index (χ0n) is 12.4. The molecule has 1 saturated carbocycles. The number of halogens is 1. The van der Waals surface area contributed by atoms with Crippen LogP contribution in [0.2, 0.25) is 0 Å².